The second kappa shape index (κ2) is 5.26. The zero-order valence-corrected chi connectivity index (χ0v) is 14.4. The molecular weight excluding hydrogens is 272 g/mol. The summed E-state index contributed by atoms with van der Waals surface area (Å²) in [7, 11) is 0. The van der Waals surface area contributed by atoms with Gasteiger partial charge in [0, 0.05) is 5.41 Å². The number of benzene rings is 1. The smallest absolute Gasteiger partial charge is 0.119 e. The van der Waals surface area contributed by atoms with Crippen LogP contribution in [-0.4, -0.2) is 16.8 Å². The summed E-state index contributed by atoms with van der Waals surface area (Å²) in [5.41, 5.74) is 3.73. The Kier molecular flexibility index (Phi) is 3.79. The number of aryl methyl sites for hydroxylation is 1. The Morgan fingerprint density at radius 2 is 1.95 bits per heavy atom. The Morgan fingerprint density at radius 1 is 1.23 bits per heavy atom. The van der Waals surface area contributed by atoms with Crippen LogP contribution in [0.3, 0.4) is 0 Å². The molecule has 1 aromatic carbocycles. The topological polar surface area (TPSA) is 40.5 Å². The van der Waals surface area contributed by atoms with Crippen LogP contribution in [0.25, 0.3) is 0 Å². The van der Waals surface area contributed by atoms with Crippen molar-refractivity contribution in [3.05, 3.63) is 28.8 Å². The summed E-state index contributed by atoms with van der Waals surface area (Å²) >= 11 is 0. The Balaban J connectivity index is 2.16. The maximum atomic E-state index is 10.5. The van der Waals surface area contributed by atoms with Crippen LogP contribution in [0.15, 0.2) is 12.1 Å². The normalized spacial score (nSPS) is 30.0. The zero-order valence-electron chi connectivity index (χ0n) is 14.4. The number of fused-ring (bicyclic) bond motifs is 3. The van der Waals surface area contributed by atoms with Crippen LogP contribution < -0.4 is 0 Å². The van der Waals surface area contributed by atoms with Gasteiger partial charge in [-0.25, -0.2) is 0 Å². The molecule has 0 saturated heterocycles. The van der Waals surface area contributed by atoms with Gasteiger partial charge < -0.3 is 10.2 Å². The second-order valence-corrected chi connectivity index (χ2v) is 8.47. The first kappa shape index (κ1) is 15.9. The van der Waals surface area contributed by atoms with Gasteiger partial charge in [-0.15, -0.1) is 0 Å². The molecule has 0 aromatic heterocycles. The average molecular weight is 302 g/mol. The van der Waals surface area contributed by atoms with E-state index in [4.69, 9.17) is 0 Å². The molecule has 1 saturated carbocycles. The number of aliphatic hydroxyl groups excluding tert-OH is 1. The van der Waals surface area contributed by atoms with Gasteiger partial charge in [0.1, 0.15) is 5.75 Å². The van der Waals surface area contributed by atoms with E-state index in [1.165, 1.54) is 17.5 Å². The lowest BCUT2D eigenvalue weighted by Crippen LogP contribution is -2.51. The maximum Gasteiger partial charge on any atom is 0.119 e. The molecule has 2 aliphatic rings. The molecule has 2 nitrogen and oxygen atoms in total. The highest BCUT2D eigenvalue weighted by Crippen LogP contribution is 2.57. The van der Waals surface area contributed by atoms with Gasteiger partial charge in [0.2, 0.25) is 0 Å². The zero-order chi connectivity index (χ0) is 16.1. The van der Waals surface area contributed by atoms with Crippen LogP contribution in [-0.2, 0) is 11.8 Å². The van der Waals surface area contributed by atoms with Crippen LogP contribution in [0.1, 0.15) is 76.0 Å². The lowest BCUT2D eigenvalue weighted by Gasteiger charge is -2.55. The molecule has 22 heavy (non-hydrogen) atoms. The van der Waals surface area contributed by atoms with Gasteiger partial charge in [-0.05, 0) is 65.7 Å². The standard InChI is InChI=1S/C20H30O2/c1-13(2)15-10-14-6-7-18-19(3,4)8-5-9-20(18,12-21)16(14)11-17(15)22/h10-11,13,18,21-22H,5-9,12H2,1-4H3/t18-,20-/m1/s1. The molecule has 2 aliphatic carbocycles. The molecule has 1 fully saturated rings. The van der Waals surface area contributed by atoms with Gasteiger partial charge in [-0.3, -0.25) is 0 Å². The molecule has 0 bridgehead atoms. The highest BCUT2D eigenvalue weighted by Gasteiger charge is 2.52. The lowest BCUT2D eigenvalue weighted by atomic mass is 9.50. The summed E-state index contributed by atoms with van der Waals surface area (Å²) in [4.78, 5) is 0. The van der Waals surface area contributed by atoms with Crippen molar-refractivity contribution in [2.45, 2.75) is 71.1 Å². The first-order valence-electron chi connectivity index (χ1n) is 8.79. The largest absolute Gasteiger partial charge is 0.508 e. The van der Waals surface area contributed by atoms with E-state index in [2.05, 4.69) is 33.8 Å². The summed E-state index contributed by atoms with van der Waals surface area (Å²) in [6.07, 6.45) is 5.68. The molecule has 2 atom stereocenters. The number of rotatable bonds is 2. The summed E-state index contributed by atoms with van der Waals surface area (Å²) in [5.74, 6) is 1.25. The molecule has 0 unspecified atom stereocenters. The van der Waals surface area contributed by atoms with E-state index >= 15 is 0 Å². The average Bonchev–Trinajstić information content (AvgIpc) is 2.45. The van der Waals surface area contributed by atoms with Crippen molar-refractivity contribution < 1.29 is 10.2 Å². The van der Waals surface area contributed by atoms with Crippen LogP contribution in [0, 0.1) is 11.3 Å². The van der Waals surface area contributed by atoms with Gasteiger partial charge in [-0.1, -0.05) is 40.2 Å². The van der Waals surface area contributed by atoms with E-state index in [1.54, 1.807) is 0 Å². The number of aromatic hydroxyl groups is 1. The molecule has 2 N–H and O–H groups in total. The van der Waals surface area contributed by atoms with E-state index in [1.807, 2.05) is 6.07 Å². The quantitative estimate of drug-likeness (QED) is 0.843. The summed E-state index contributed by atoms with van der Waals surface area (Å²) in [5, 5.41) is 20.8. The Hall–Kier alpha value is -1.02. The van der Waals surface area contributed by atoms with Crippen LogP contribution in [0.2, 0.25) is 0 Å². The number of aliphatic hydroxyl groups is 1. The molecule has 0 amide bonds. The van der Waals surface area contributed by atoms with Crippen molar-refractivity contribution in [1.82, 2.24) is 0 Å². The Bertz CT molecular complexity index is 573. The van der Waals surface area contributed by atoms with Crippen LogP contribution in [0.4, 0.5) is 0 Å². The molecule has 0 spiro atoms. The predicted molar refractivity (Wildman–Crippen MR) is 90.4 cm³/mol. The van der Waals surface area contributed by atoms with E-state index in [0.717, 1.165) is 31.2 Å². The van der Waals surface area contributed by atoms with Crippen LogP contribution in [0.5, 0.6) is 5.75 Å². The third-order valence-corrected chi connectivity index (χ3v) is 6.45. The van der Waals surface area contributed by atoms with Crippen LogP contribution >= 0.6 is 0 Å². The van der Waals surface area contributed by atoms with Gasteiger partial charge in [0.15, 0.2) is 0 Å². The van der Waals surface area contributed by atoms with E-state index in [-0.39, 0.29) is 17.4 Å². The lowest BCUT2D eigenvalue weighted by molar-refractivity contribution is -0.00522. The minimum atomic E-state index is -0.150. The predicted octanol–water partition coefficient (Wildman–Crippen LogP) is 4.52. The van der Waals surface area contributed by atoms with E-state index < -0.39 is 0 Å². The van der Waals surface area contributed by atoms with Gasteiger partial charge >= 0.3 is 0 Å². The fourth-order valence-corrected chi connectivity index (χ4v) is 5.30. The number of hydrogen-bond acceptors (Lipinski definition) is 2. The first-order valence-corrected chi connectivity index (χ1v) is 8.79. The fourth-order valence-electron chi connectivity index (χ4n) is 5.30. The van der Waals surface area contributed by atoms with E-state index in [0.29, 0.717) is 17.6 Å². The Morgan fingerprint density at radius 3 is 2.59 bits per heavy atom. The first-order chi connectivity index (χ1) is 10.3. The monoisotopic (exact) mass is 302 g/mol. The molecule has 3 rings (SSSR count). The Labute approximate surface area is 134 Å². The molecule has 122 valence electrons. The molecular formula is C20H30O2. The van der Waals surface area contributed by atoms with Crippen molar-refractivity contribution in [2.24, 2.45) is 11.3 Å². The maximum absolute atomic E-state index is 10.5. The molecule has 0 aliphatic heterocycles. The summed E-state index contributed by atoms with van der Waals surface area (Å²) < 4.78 is 0. The second-order valence-electron chi connectivity index (χ2n) is 8.47. The van der Waals surface area contributed by atoms with Crippen molar-refractivity contribution in [3.63, 3.8) is 0 Å². The van der Waals surface area contributed by atoms with E-state index in [9.17, 15) is 10.2 Å². The van der Waals surface area contributed by atoms with Crippen molar-refractivity contribution in [1.29, 1.82) is 0 Å². The van der Waals surface area contributed by atoms with Crippen molar-refractivity contribution >= 4 is 0 Å². The molecule has 1 aromatic rings. The molecule has 2 heteroatoms. The third kappa shape index (κ3) is 2.19. The SMILES string of the molecule is CC(C)c1cc2c(cc1O)[C@]1(CO)CCCC(C)(C)[C@H]1CC2. The molecule has 0 heterocycles. The van der Waals surface area contributed by atoms with Gasteiger partial charge in [0.05, 0.1) is 6.61 Å². The number of phenolic OH excluding ortho intramolecular Hbond substituents is 1. The fraction of sp³-hybridized carbons (Fsp3) is 0.700. The highest BCUT2D eigenvalue weighted by atomic mass is 16.3. The molecule has 0 radical (unpaired) electrons. The minimum Gasteiger partial charge on any atom is -0.508 e. The van der Waals surface area contributed by atoms with Crippen molar-refractivity contribution in [3.8, 4) is 5.75 Å². The van der Waals surface area contributed by atoms with Gasteiger partial charge in [-0.2, -0.15) is 0 Å². The highest BCUT2D eigenvalue weighted by molar-refractivity contribution is 5.49. The van der Waals surface area contributed by atoms with Gasteiger partial charge in [0.25, 0.3) is 0 Å². The number of phenols is 1. The van der Waals surface area contributed by atoms with Crippen molar-refractivity contribution in [2.75, 3.05) is 6.61 Å². The third-order valence-electron chi connectivity index (χ3n) is 6.45. The summed E-state index contributed by atoms with van der Waals surface area (Å²) in [6.45, 7) is 9.16. The number of hydrogen-bond donors (Lipinski definition) is 2. The summed E-state index contributed by atoms with van der Waals surface area (Å²) in [6, 6.07) is 4.18. The minimum absolute atomic E-state index is 0.150.